The second kappa shape index (κ2) is 12.7. The van der Waals surface area contributed by atoms with E-state index in [0.29, 0.717) is 0 Å². The molecule has 0 unspecified atom stereocenters. The summed E-state index contributed by atoms with van der Waals surface area (Å²) in [5.41, 5.74) is 10.6. The lowest BCUT2D eigenvalue weighted by molar-refractivity contribution is 1.28. The fraction of sp³-hybridized carbons (Fsp3) is 0. The van der Waals surface area contributed by atoms with E-state index >= 15 is 0 Å². The number of fused-ring (bicyclic) bond motifs is 5. The van der Waals surface area contributed by atoms with Crippen LogP contribution in [0.3, 0.4) is 0 Å². The molecule has 2 heteroatoms. The Hall–Kier alpha value is -6.48. The summed E-state index contributed by atoms with van der Waals surface area (Å²) in [5, 5.41) is 7.65. The Morgan fingerprint density at radius 3 is 1.40 bits per heavy atom. The van der Waals surface area contributed by atoms with E-state index < -0.39 is 0 Å². The fourth-order valence-corrected chi connectivity index (χ4v) is 8.85. The first-order valence-electron chi connectivity index (χ1n) is 17.8. The molecule has 52 heavy (non-hydrogen) atoms. The number of para-hydroxylation sites is 1. The smallest absolute Gasteiger partial charge is 0.0540 e. The highest BCUT2D eigenvalue weighted by atomic mass is 32.1. The SMILES string of the molecule is c1ccc(N(c2ccc(-c3cccc4ccccc34)cc2)c2ccc(-c3cccc4ccccc34)cc2)c(-c2ccc3sc4ccccc4c3c2)c1. The molecule has 0 spiro atoms. The predicted molar refractivity (Wildman–Crippen MR) is 225 cm³/mol. The molecule has 0 amide bonds. The van der Waals surface area contributed by atoms with E-state index in [2.05, 4.69) is 205 Å². The lowest BCUT2D eigenvalue weighted by Crippen LogP contribution is -2.11. The average molecular weight is 680 g/mol. The van der Waals surface area contributed by atoms with Gasteiger partial charge in [0, 0.05) is 37.1 Å². The molecular formula is C50H33NS. The van der Waals surface area contributed by atoms with Gasteiger partial charge in [0.1, 0.15) is 0 Å². The number of hydrogen-bond donors (Lipinski definition) is 0. The Morgan fingerprint density at radius 2 is 0.769 bits per heavy atom. The molecule has 0 aliphatic carbocycles. The van der Waals surface area contributed by atoms with Crippen LogP contribution in [0.1, 0.15) is 0 Å². The summed E-state index contributed by atoms with van der Waals surface area (Å²) in [7, 11) is 0. The van der Waals surface area contributed by atoms with E-state index in [9.17, 15) is 0 Å². The summed E-state index contributed by atoms with van der Waals surface area (Å²) in [5.74, 6) is 0. The van der Waals surface area contributed by atoms with Crippen molar-refractivity contribution in [1.82, 2.24) is 0 Å². The van der Waals surface area contributed by atoms with Crippen LogP contribution in [-0.4, -0.2) is 0 Å². The Kier molecular flexibility index (Phi) is 7.41. The summed E-state index contributed by atoms with van der Waals surface area (Å²) in [6, 6.07) is 73.0. The molecule has 10 rings (SSSR count). The average Bonchev–Trinajstić information content (AvgIpc) is 3.59. The summed E-state index contributed by atoms with van der Waals surface area (Å²) >= 11 is 1.86. The maximum absolute atomic E-state index is 2.41. The van der Waals surface area contributed by atoms with Crippen LogP contribution in [0.5, 0.6) is 0 Å². The predicted octanol–water partition coefficient (Wildman–Crippen LogP) is 14.8. The third-order valence-corrected chi connectivity index (χ3v) is 11.4. The molecule has 0 saturated heterocycles. The van der Waals surface area contributed by atoms with Crippen molar-refractivity contribution in [2.24, 2.45) is 0 Å². The van der Waals surface area contributed by atoms with E-state index in [4.69, 9.17) is 0 Å². The lowest BCUT2D eigenvalue weighted by atomic mass is 9.96. The Morgan fingerprint density at radius 1 is 0.308 bits per heavy atom. The highest BCUT2D eigenvalue weighted by molar-refractivity contribution is 7.25. The maximum Gasteiger partial charge on any atom is 0.0540 e. The molecule has 0 aliphatic heterocycles. The van der Waals surface area contributed by atoms with Gasteiger partial charge in [-0.1, -0.05) is 152 Å². The van der Waals surface area contributed by atoms with Gasteiger partial charge in [0.05, 0.1) is 5.69 Å². The maximum atomic E-state index is 2.41. The van der Waals surface area contributed by atoms with Crippen LogP contribution in [0.15, 0.2) is 200 Å². The van der Waals surface area contributed by atoms with Crippen LogP contribution in [0, 0.1) is 0 Å². The minimum absolute atomic E-state index is 1.11. The second-order valence-electron chi connectivity index (χ2n) is 13.3. The highest BCUT2D eigenvalue weighted by Gasteiger charge is 2.19. The van der Waals surface area contributed by atoms with Gasteiger partial charge < -0.3 is 4.90 Å². The molecule has 0 saturated carbocycles. The van der Waals surface area contributed by atoms with E-state index in [0.717, 1.165) is 17.1 Å². The van der Waals surface area contributed by atoms with Crippen LogP contribution in [-0.2, 0) is 0 Å². The van der Waals surface area contributed by atoms with Gasteiger partial charge in [0.15, 0.2) is 0 Å². The largest absolute Gasteiger partial charge is 0.310 e. The van der Waals surface area contributed by atoms with Crippen molar-refractivity contribution in [2.45, 2.75) is 0 Å². The molecule has 1 aromatic heterocycles. The standard InChI is InChI=1S/C50H33NS/c1-3-15-41-34(11-1)13-9-19-43(41)36-23-28-39(29-24-36)51(40-30-25-37(26-31-40)44-20-10-14-35-12-2-4-16-42(35)44)48-21-7-5-17-45(48)38-27-32-50-47(33-38)46-18-6-8-22-49(46)52-50/h1-33H. The van der Waals surface area contributed by atoms with Crippen LogP contribution in [0.2, 0.25) is 0 Å². The molecule has 0 N–H and O–H groups in total. The normalized spacial score (nSPS) is 11.5. The number of benzene rings is 9. The molecule has 0 fully saturated rings. The highest BCUT2D eigenvalue weighted by Crippen LogP contribution is 2.44. The Labute approximate surface area is 307 Å². The van der Waals surface area contributed by atoms with Gasteiger partial charge in [0.25, 0.3) is 0 Å². The molecule has 9 aromatic carbocycles. The topological polar surface area (TPSA) is 3.24 Å². The van der Waals surface area contributed by atoms with Gasteiger partial charge in [-0.3, -0.25) is 0 Å². The molecule has 0 atom stereocenters. The number of hydrogen-bond acceptors (Lipinski definition) is 2. The molecular weight excluding hydrogens is 647 g/mol. The minimum Gasteiger partial charge on any atom is -0.310 e. The van der Waals surface area contributed by atoms with Crippen molar-refractivity contribution < 1.29 is 0 Å². The third kappa shape index (κ3) is 5.24. The zero-order valence-electron chi connectivity index (χ0n) is 28.4. The van der Waals surface area contributed by atoms with E-state index in [1.54, 1.807) is 0 Å². The van der Waals surface area contributed by atoms with Gasteiger partial charge in [-0.2, -0.15) is 0 Å². The number of anilines is 3. The molecule has 0 bridgehead atoms. The second-order valence-corrected chi connectivity index (χ2v) is 14.4. The van der Waals surface area contributed by atoms with Crippen molar-refractivity contribution in [3.63, 3.8) is 0 Å². The summed E-state index contributed by atoms with van der Waals surface area (Å²) < 4.78 is 2.63. The van der Waals surface area contributed by atoms with Gasteiger partial charge in [-0.15, -0.1) is 11.3 Å². The number of rotatable bonds is 6. The lowest BCUT2D eigenvalue weighted by Gasteiger charge is -2.28. The number of thiophene rings is 1. The number of nitrogens with zero attached hydrogens (tertiary/aromatic N) is 1. The van der Waals surface area contributed by atoms with E-state index in [1.807, 2.05) is 11.3 Å². The Balaban J connectivity index is 1.12. The van der Waals surface area contributed by atoms with Gasteiger partial charge >= 0.3 is 0 Å². The first-order chi connectivity index (χ1) is 25.8. The van der Waals surface area contributed by atoms with Crippen molar-refractivity contribution in [3.05, 3.63) is 200 Å². The first kappa shape index (κ1) is 30.4. The summed E-state index contributed by atoms with van der Waals surface area (Å²) in [6.07, 6.45) is 0. The molecule has 244 valence electrons. The molecule has 10 aromatic rings. The van der Waals surface area contributed by atoms with Crippen LogP contribution in [0.25, 0.3) is 75.1 Å². The van der Waals surface area contributed by atoms with Gasteiger partial charge in [-0.25, -0.2) is 0 Å². The van der Waals surface area contributed by atoms with Crippen molar-refractivity contribution in [2.75, 3.05) is 4.90 Å². The quantitative estimate of drug-likeness (QED) is 0.169. The minimum atomic E-state index is 1.11. The Bertz CT molecular complexity index is 2770. The summed E-state index contributed by atoms with van der Waals surface area (Å²) in [4.78, 5) is 2.41. The van der Waals surface area contributed by atoms with E-state index in [1.165, 1.54) is 75.1 Å². The molecule has 0 radical (unpaired) electrons. The van der Waals surface area contributed by atoms with Crippen LogP contribution in [0.4, 0.5) is 17.1 Å². The zero-order chi connectivity index (χ0) is 34.4. The van der Waals surface area contributed by atoms with Crippen LogP contribution < -0.4 is 4.90 Å². The van der Waals surface area contributed by atoms with Crippen molar-refractivity contribution >= 4 is 70.1 Å². The third-order valence-electron chi connectivity index (χ3n) is 10.3. The van der Waals surface area contributed by atoms with Crippen LogP contribution >= 0.6 is 11.3 Å². The monoisotopic (exact) mass is 679 g/mol. The van der Waals surface area contributed by atoms with Gasteiger partial charge in [0.2, 0.25) is 0 Å². The summed E-state index contributed by atoms with van der Waals surface area (Å²) in [6.45, 7) is 0. The van der Waals surface area contributed by atoms with Crippen molar-refractivity contribution in [1.29, 1.82) is 0 Å². The first-order valence-corrected chi connectivity index (χ1v) is 18.6. The molecule has 1 nitrogen and oxygen atoms in total. The van der Waals surface area contributed by atoms with E-state index in [-0.39, 0.29) is 0 Å². The molecule has 1 heterocycles. The van der Waals surface area contributed by atoms with Crippen molar-refractivity contribution in [3.8, 4) is 33.4 Å². The van der Waals surface area contributed by atoms with Gasteiger partial charge in [-0.05, 0) is 97.9 Å². The fourth-order valence-electron chi connectivity index (χ4n) is 7.77. The zero-order valence-corrected chi connectivity index (χ0v) is 29.2. The molecule has 0 aliphatic rings.